The lowest BCUT2D eigenvalue weighted by molar-refractivity contribution is -0.113. The highest BCUT2D eigenvalue weighted by Gasteiger charge is 2.25. The summed E-state index contributed by atoms with van der Waals surface area (Å²) in [6, 6.07) is 14.2. The maximum Gasteiger partial charge on any atom is 0.253 e. The predicted octanol–water partition coefficient (Wildman–Crippen LogP) is 5.67. The van der Waals surface area contributed by atoms with E-state index in [1.54, 1.807) is 30.3 Å². The minimum Gasteiger partial charge on any atom is -0.342 e. The number of allylic oxidation sites excluding steroid dienone is 1. The van der Waals surface area contributed by atoms with Gasteiger partial charge in [0.1, 0.15) is 0 Å². The standard InChI is InChI=1S/C26H30ClN5O2S/c1-5-14-32-24(22(15-17(2)3)29-25(34)20-8-6-7-9-21(20)27)30-31-26(32)35-16-23(33)28-19-12-10-18(4)11-13-19/h5-13,17,22H,1,14-16H2,2-4H3,(H,28,33)(H,29,34)/t22-/m1/s1. The van der Waals surface area contributed by atoms with Gasteiger partial charge in [-0.25, -0.2) is 0 Å². The number of anilines is 1. The molecule has 1 atom stereocenters. The summed E-state index contributed by atoms with van der Waals surface area (Å²) in [5.74, 6) is 0.655. The zero-order chi connectivity index (χ0) is 25.4. The zero-order valence-electron chi connectivity index (χ0n) is 20.1. The van der Waals surface area contributed by atoms with Crippen molar-refractivity contribution in [1.29, 1.82) is 0 Å². The highest BCUT2D eigenvalue weighted by Crippen LogP contribution is 2.26. The Balaban J connectivity index is 1.77. The van der Waals surface area contributed by atoms with Crippen LogP contribution < -0.4 is 10.6 Å². The van der Waals surface area contributed by atoms with E-state index < -0.39 is 0 Å². The Labute approximate surface area is 215 Å². The molecule has 0 aliphatic rings. The Morgan fingerprint density at radius 3 is 2.51 bits per heavy atom. The Kier molecular flexibility index (Phi) is 9.51. The van der Waals surface area contributed by atoms with Gasteiger partial charge in [-0.1, -0.05) is 73.1 Å². The number of halogens is 1. The quantitative estimate of drug-likeness (QED) is 0.255. The second kappa shape index (κ2) is 12.6. The maximum absolute atomic E-state index is 13.0. The molecule has 0 unspecified atom stereocenters. The Morgan fingerprint density at radius 1 is 1.14 bits per heavy atom. The topological polar surface area (TPSA) is 88.9 Å². The van der Waals surface area contributed by atoms with Gasteiger partial charge >= 0.3 is 0 Å². The number of aromatic nitrogens is 3. The van der Waals surface area contributed by atoms with E-state index >= 15 is 0 Å². The van der Waals surface area contributed by atoms with E-state index in [0.29, 0.717) is 34.5 Å². The van der Waals surface area contributed by atoms with Gasteiger partial charge in [-0.2, -0.15) is 0 Å². The number of carbonyl (C=O) groups is 2. The van der Waals surface area contributed by atoms with Gasteiger partial charge in [-0.15, -0.1) is 16.8 Å². The summed E-state index contributed by atoms with van der Waals surface area (Å²) in [6.45, 7) is 10.4. The lowest BCUT2D eigenvalue weighted by Gasteiger charge is -2.21. The van der Waals surface area contributed by atoms with Gasteiger partial charge in [0.25, 0.3) is 5.91 Å². The lowest BCUT2D eigenvalue weighted by Crippen LogP contribution is -2.32. The van der Waals surface area contributed by atoms with Crippen molar-refractivity contribution in [3.05, 3.63) is 83.2 Å². The molecule has 0 saturated heterocycles. The molecule has 184 valence electrons. The largest absolute Gasteiger partial charge is 0.342 e. The van der Waals surface area contributed by atoms with E-state index in [1.165, 1.54) is 11.8 Å². The number of hydrogen-bond donors (Lipinski definition) is 2. The van der Waals surface area contributed by atoms with E-state index in [-0.39, 0.29) is 29.5 Å². The van der Waals surface area contributed by atoms with Gasteiger partial charge in [0, 0.05) is 12.2 Å². The molecule has 3 aromatic rings. The normalized spacial score (nSPS) is 11.8. The van der Waals surface area contributed by atoms with Crippen LogP contribution in [0.25, 0.3) is 0 Å². The Morgan fingerprint density at radius 2 is 1.86 bits per heavy atom. The number of thioether (sulfide) groups is 1. The molecule has 0 spiro atoms. The molecule has 0 aliphatic heterocycles. The second-order valence-electron chi connectivity index (χ2n) is 8.58. The smallest absolute Gasteiger partial charge is 0.253 e. The first kappa shape index (κ1) is 26.5. The number of rotatable bonds is 11. The van der Waals surface area contributed by atoms with Crippen LogP contribution >= 0.6 is 23.4 Å². The third-order valence-electron chi connectivity index (χ3n) is 5.17. The van der Waals surface area contributed by atoms with Gasteiger partial charge < -0.3 is 15.2 Å². The minimum absolute atomic E-state index is 0.140. The molecule has 1 heterocycles. The van der Waals surface area contributed by atoms with E-state index in [9.17, 15) is 9.59 Å². The molecular formula is C26H30ClN5O2S. The number of nitrogens with one attached hydrogen (secondary N) is 2. The first-order valence-electron chi connectivity index (χ1n) is 11.4. The molecule has 2 N–H and O–H groups in total. The molecule has 7 nitrogen and oxygen atoms in total. The number of hydrogen-bond acceptors (Lipinski definition) is 5. The van der Waals surface area contributed by atoms with Gasteiger partial charge in [0.15, 0.2) is 11.0 Å². The molecule has 9 heteroatoms. The van der Waals surface area contributed by atoms with Crippen LogP contribution in [0, 0.1) is 12.8 Å². The summed E-state index contributed by atoms with van der Waals surface area (Å²) in [7, 11) is 0. The molecule has 0 fully saturated rings. The second-order valence-corrected chi connectivity index (χ2v) is 9.93. The SMILES string of the molecule is C=CCn1c(SCC(=O)Nc2ccc(C)cc2)nnc1[C@@H](CC(C)C)NC(=O)c1ccccc1Cl. The summed E-state index contributed by atoms with van der Waals surface area (Å²) in [5.41, 5.74) is 2.27. The van der Waals surface area contributed by atoms with E-state index in [0.717, 1.165) is 11.3 Å². The summed E-state index contributed by atoms with van der Waals surface area (Å²) >= 11 is 7.52. The molecule has 2 amide bonds. The number of aryl methyl sites for hydroxylation is 1. The minimum atomic E-state index is -0.387. The van der Waals surface area contributed by atoms with Crippen LogP contribution in [-0.2, 0) is 11.3 Å². The van der Waals surface area contributed by atoms with Crippen LogP contribution in [0.5, 0.6) is 0 Å². The Hall–Kier alpha value is -3.10. The monoisotopic (exact) mass is 511 g/mol. The van der Waals surface area contributed by atoms with Gasteiger partial charge in [-0.3, -0.25) is 9.59 Å². The average molecular weight is 512 g/mol. The van der Waals surface area contributed by atoms with Crippen molar-refractivity contribution in [1.82, 2.24) is 20.1 Å². The molecule has 1 aromatic heterocycles. The molecule has 0 radical (unpaired) electrons. The van der Waals surface area contributed by atoms with Crippen LogP contribution in [0.1, 0.15) is 48.1 Å². The molecule has 3 rings (SSSR count). The fraction of sp³-hybridized carbons (Fsp3) is 0.308. The van der Waals surface area contributed by atoms with E-state index in [2.05, 4.69) is 41.3 Å². The van der Waals surface area contributed by atoms with E-state index in [1.807, 2.05) is 35.8 Å². The number of nitrogens with zero attached hydrogens (tertiary/aromatic N) is 3. The number of benzene rings is 2. The summed E-state index contributed by atoms with van der Waals surface area (Å²) in [5, 5.41) is 15.6. The first-order valence-corrected chi connectivity index (χ1v) is 12.7. The zero-order valence-corrected chi connectivity index (χ0v) is 21.7. The fourth-order valence-electron chi connectivity index (χ4n) is 3.51. The summed E-state index contributed by atoms with van der Waals surface area (Å²) < 4.78 is 1.89. The van der Waals surface area contributed by atoms with Crippen molar-refractivity contribution in [2.24, 2.45) is 5.92 Å². The van der Waals surface area contributed by atoms with Crippen molar-refractivity contribution in [3.8, 4) is 0 Å². The highest BCUT2D eigenvalue weighted by molar-refractivity contribution is 7.99. The van der Waals surface area contributed by atoms with Crippen molar-refractivity contribution >= 4 is 40.9 Å². The molecular weight excluding hydrogens is 482 g/mol. The summed E-state index contributed by atoms with van der Waals surface area (Å²) in [6.07, 6.45) is 2.40. The van der Waals surface area contributed by atoms with Crippen LogP contribution in [0.2, 0.25) is 5.02 Å². The molecule has 2 aromatic carbocycles. The van der Waals surface area contributed by atoms with Crippen molar-refractivity contribution < 1.29 is 9.59 Å². The van der Waals surface area contributed by atoms with E-state index in [4.69, 9.17) is 11.6 Å². The molecule has 0 bridgehead atoms. The number of carbonyl (C=O) groups excluding carboxylic acids is 2. The fourth-order valence-corrected chi connectivity index (χ4v) is 4.49. The molecule has 35 heavy (non-hydrogen) atoms. The molecule has 0 aliphatic carbocycles. The van der Waals surface area contributed by atoms with Gasteiger partial charge in [0.05, 0.1) is 22.4 Å². The summed E-state index contributed by atoms with van der Waals surface area (Å²) in [4.78, 5) is 25.5. The van der Waals surface area contributed by atoms with Crippen LogP contribution in [0.4, 0.5) is 5.69 Å². The Bertz CT molecular complexity index is 1180. The van der Waals surface area contributed by atoms with Gasteiger partial charge in [0.2, 0.25) is 5.91 Å². The highest BCUT2D eigenvalue weighted by atomic mass is 35.5. The maximum atomic E-state index is 13.0. The average Bonchev–Trinajstić information content (AvgIpc) is 3.21. The van der Waals surface area contributed by atoms with Crippen molar-refractivity contribution in [2.75, 3.05) is 11.1 Å². The first-order chi connectivity index (χ1) is 16.8. The van der Waals surface area contributed by atoms with Crippen molar-refractivity contribution in [3.63, 3.8) is 0 Å². The van der Waals surface area contributed by atoms with Crippen LogP contribution in [-0.4, -0.2) is 32.3 Å². The predicted molar refractivity (Wildman–Crippen MR) is 142 cm³/mol. The third-order valence-corrected chi connectivity index (χ3v) is 6.46. The molecule has 0 saturated carbocycles. The third kappa shape index (κ3) is 7.44. The van der Waals surface area contributed by atoms with Crippen LogP contribution in [0.3, 0.4) is 0 Å². The van der Waals surface area contributed by atoms with Gasteiger partial charge in [-0.05, 0) is 43.5 Å². The lowest BCUT2D eigenvalue weighted by atomic mass is 10.0. The number of amides is 2. The van der Waals surface area contributed by atoms with Crippen LogP contribution in [0.15, 0.2) is 66.3 Å². The van der Waals surface area contributed by atoms with Crippen molar-refractivity contribution in [2.45, 2.75) is 44.9 Å².